The first kappa shape index (κ1) is 14.8. The van der Waals surface area contributed by atoms with E-state index in [9.17, 15) is 0 Å². The zero-order chi connectivity index (χ0) is 14.7. The molecule has 20 heavy (non-hydrogen) atoms. The third kappa shape index (κ3) is 3.47. The second-order valence-corrected chi connectivity index (χ2v) is 6.22. The summed E-state index contributed by atoms with van der Waals surface area (Å²) in [5.74, 6) is 2.45. The molecule has 0 aliphatic carbocycles. The highest BCUT2D eigenvalue weighted by molar-refractivity contribution is 7.09. The van der Waals surface area contributed by atoms with Gasteiger partial charge in [0.2, 0.25) is 11.1 Å². The van der Waals surface area contributed by atoms with Crippen molar-refractivity contribution in [2.45, 2.75) is 26.8 Å². The summed E-state index contributed by atoms with van der Waals surface area (Å²) < 4.78 is 6.43. The van der Waals surface area contributed by atoms with Gasteiger partial charge < -0.3 is 14.8 Å². The number of hydrogen-bond donors (Lipinski definition) is 1. The van der Waals surface area contributed by atoms with Crippen LogP contribution in [0, 0.1) is 5.92 Å². The Balaban J connectivity index is 1.97. The van der Waals surface area contributed by atoms with Gasteiger partial charge in [-0.2, -0.15) is 4.37 Å². The van der Waals surface area contributed by atoms with Gasteiger partial charge in [0.1, 0.15) is 5.82 Å². The van der Waals surface area contributed by atoms with Crippen molar-refractivity contribution in [1.29, 1.82) is 0 Å². The summed E-state index contributed by atoms with van der Waals surface area (Å²) >= 11 is 1.42. The zero-order valence-electron chi connectivity index (χ0n) is 12.7. The van der Waals surface area contributed by atoms with Gasteiger partial charge in [-0.1, -0.05) is 13.8 Å². The maximum atomic E-state index is 4.49. The monoisotopic (exact) mass is 294 g/mol. The molecular weight excluding hydrogens is 272 g/mol. The van der Waals surface area contributed by atoms with Crippen LogP contribution >= 0.6 is 11.5 Å². The summed E-state index contributed by atoms with van der Waals surface area (Å²) in [7, 11) is 5.99. The largest absolute Gasteiger partial charge is 0.355 e. The van der Waals surface area contributed by atoms with Gasteiger partial charge in [0, 0.05) is 39.1 Å². The lowest BCUT2D eigenvalue weighted by atomic mass is 10.1. The Kier molecular flexibility index (Phi) is 4.59. The van der Waals surface area contributed by atoms with Crippen LogP contribution < -0.4 is 10.2 Å². The summed E-state index contributed by atoms with van der Waals surface area (Å²) in [6, 6.07) is 0. The summed E-state index contributed by atoms with van der Waals surface area (Å²) in [4.78, 5) is 10.9. The minimum absolute atomic E-state index is 0.581. The maximum absolute atomic E-state index is 4.49. The van der Waals surface area contributed by atoms with Crippen molar-refractivity contribution in [3.8, 4) is 0 Å². The van der Waals surface area contributed by atoms with Crippen LogP contribution in [-0.2, 0) is 20.0 Å². The van der Waals surface area contributed by atoms with Crippen molar-refractivity contribution in [2.75, 3.05) is 24.3 Å². The van der Waals surface area contributed by atoms with Crippen molar-refractivity contribution in [1.82, 2.24) is 18.9 Å². The lowest BCUT2D eigenvalue weighted by Crippen LogP contribution is -2.15. The predicted octanol–water partition coefficient (Wildman–Crippen LogP) is 2.15. The van der Waals surface area contributed by atoms with E-state index in [-0.39, 0.29) is 0 Å². The van der Waals surface area contributed by atoms with E-state index in [1.807, 2.05) is 32.2 Å². The summed E-state index contributed by atoms with van der Waals surface area (Å²) in [6.07, 6.45) is 2.81. The SMILES string of the molecule is CC(C)Cc1nsc(NCc2cnc(N(C)C)n2C)n1. The first-order valence-corrected chi connectivity index (χ1v) is 7.49. The van der Waals surface area contributed by atoms with Gasteiger partial charge >= 0.3 is 0 Å². The second-order valence-electron chi connectivity index (χ2n) is 5.47. The summed E-state index contributed by atoms with van der Waals surface area (Å²) in [6.45, 7) is 5.05. The molecule has 110 valence electrons. The van der Waals surface area contributed by atoms with Gasteiger partial charge in [-0.25, -0.2) is 9.97 Å². The highest BCUT2D eigenvalue weighted by Crippen LogP contribution is 2.16. The molecule has 0 radical (unpaired) electrons. The van der Waals surface area contributed by atoms with Gasteiger partial charge in [-0.05, 0) is 5.92 Å². The lowest BCUT2D eigenvalue weighted by Gasteiger charge is -2.12. The Morgan fingerprint density at radius 1 is 1.40 bits per heavy atom. The highest BCUT2D eigenvalue weighted by Gasteiger charge is 2.09. The van der Waals surface area contributed by atoms with E-state index in [4.69, 9.17) is 0 Å². The molecular formula is C13H22N6S. The van der Waals surface area contributed by atoms with E-state index >= 15 is 0 Å². The maximum Gasteiger partial charge on any atom is 0.204 e. The molecule has 0 bridgehead atoms. The first-order chi connectivity index (χ1) is 9.47. The predicted molar refractivity (Wildman–Crippen MR) is 83.3 cm³/mol. The molecule has 0 aliphatic rings. The molecule has 0 amide bonds. The zero-order valence-corrected chi connectivity index (χ0v) is 13.5. The number of hydrogen-bond acceptors (Lipinski definition) is 6. The van der Waals surface area contributed by atoms with Gasteiger partial charge in [0.05, 0.1) is 18.4 Å². The van der Waals surface area contributed by atoms with Gasteiger partial charge in [-0.3, -0.25) is 0 Å². The van der Waals surface area contributed by atoms with Crippen LogP contribution in [0.5, 0.6) is 0 Å². The van der Waals surface area contributed by atoms with Crippen LogP contribution in [0.3, 0.4) is 0 Å². The summed E-state index contributed by atoms with van der Waals surface area (Å²) in [5.41, 5.74) is 1.12. The summed E-state index contributed by atoms with van der Waals surface area (Å²) in [5, 5.41) is 4.18. The highest BCUT2D eigenvalue weighted by atomic mass is 32.1. The fourth-order valence-corrected chi connectivity index (χ4v) is 2.54. The smallest absolute Gasteiger partial charge is 0.204 e. The van der Waals surface area contributed by atoms with Crippen LogP contribution in [0.4, 0.5) is 11.1 Å². The van der Waals surface area contributed by atoms with Crippen LogP contribution in [0.25, 0.3) is 0 Å². The van der Waals surface area contributed by atoms with E-state index in [1.54, 1.807) is 0 Å². The minimum Gasteiger partial charge on any atom is -0.355 e. The van der Waals surface area contributed by atoms with Crippen LogP contribution in [-0.4, -0.2) is 33.0 Å². The molecule has 0 saturated heterocycles. The molecule has 0 saturated carbocycles. The second kappa shape index (κ2) is 6.21. The fraction of sp³-hybridized carbons (Fsp3) is 0.615. The van der Waals surface area contributed by atoms with Crippen LogP contribution in [0.15, 0.2) is 6.20 Å². The molecule has 2 heterocycles. The van der Waals surface area contributed by atoms with Gasteiger partial charge in [-0.15, -0.1) is 0 Å². The van der Waals surface area contributed by atoms with Crippen LogP contribution in [0.1, 0.15) is 25.4 Å². The molecule has 0 aromatic carbocycles. The van der Waals surface area contributed by atoms with Gasteiger partial charge in [0.25, 0.3) is 0 Å². The fourth-order valence-electron chi connectivity index (χ4n) is 1.95. The molecule has 0 fully saturated rings. The topological polar surface area (TPSA) is 58.9 Å². The quantitative estimate of drug-likeness (QED) is 0.884. The molecule has 0 unspecified atom stereocenters. The molecule has 6 nitrogen and oxygen atoms in total. The molecule has 0 spiro atoms. The Morgan fingerprint density at radius 3 is 2.75 bits per heavy atom. The Morgan fingerprint density at radius 2 is 2.15 bits per heavy atom. The van der Waals surface area contributed by atoms with Crippen molar-refractivity contribution < 1.29 is 0 Å². The molecule has 1 N–H and O–H groups in total. The van der Waals surface area contributed by atoms with Crippen molar-refractivity contribution in [2.24, 2.45) is 13.0 Å². The molecule has 2 aromatic rings. The number of nitrogens with zero attached hydrogens (tertiary/aromatic N) is 5. The average Bonchev–Trinajstić information content (AvgIpc) is 2.93. The van der Waals surface area contributed by atoms with Crippen LogP contribution in [0.2, 0.25) is 0 Å². The third-order valence-electron chi connectivity index (χ3n) is 2.94. The van der Waals surface area contributed by atoms with E-state index in [0.717, 1.165) is 29.0 Å². The third-order valence-corrected chi connectivity index (χ3v) is 3.65. The van der Waals surface area contributed by atoms with E-state index in [2.05, 4.69) is 38.1 Å². The Bertz CT molecular complexity index is 557. The number of rotatable bonds is 6. The molecule has 0 atom stereocenters. The van der Waals surface area contributed by atoms with E-state index < -0.39 is 0 Å². The average molecular weight is 294 g/mol. The minimum atomic E-state index is 0.581. The number of anilines is 2. The molecule has 0 aliphatic heterocycles. The number of imidazole rings is 1. The standard InChI is InChI=1S/C13H22N6S/c1-9(2)6-11-16-12(20-17-11)14-7-10-8-15-13(18(3)4)19(10)5/h8-9H,6-7H2,1-5H3,(H,14,16,17). The number of aromatic nitrogens is 4. The normalized spacial score (nSPS) is 11.1. The molecule has 2 rings (SSSR count). The van der Waals surface area contributed by atoms with E-state index in [0.29, 0.717) is 12.5 Å². The van der Waals surface area contributed by atoms with Crippen molar-refractivity contribution in [3.05, 3.63) is 17.7 Å². The van der Waals surface area contributed by atoms with Crippen molar-refractivity contribution in [3.63, 3.8) is 0 Å². The Labute approximate surface area is 124 Å². The number of nitrogens with one attached hydrogen (secondary N) is 1. The van der Waals surface area contributed by atoms with Crippen molar-refractivity contribution >= 4 is 22.6 Å². The lowest BCUT2D eigenvalue weighted by molar-refractivity contribution is 0.627. The Hall–Kier alpha value is -1.63. The van der Waals surface area contributed by atoms with E-state index in [1.165, 1.54) is 11.5 Å². The molecule has 2 aromatic heterocycles. The first-order valence-electron chi connectivity index (χ1n) is 6.71. The molecule has 7 heteroatoms. The van der Waals surface area contributed by atoms with Gasteiger partial charge in [0.15, 0.2) is 0 Å².